The molecule has 0 fully saturated rings. The van der Waals surface area contributed by atoms with Gasteiger partial charge in [-0.05, 0) is 12.2 Å². The van der Waals surface area contributed by atoms with Gasteiger partial charge in [-0.1, -0.05) is 0 Å². The van der Waals surface area contributed by atoms with Crippen LogP contribution < -0.4 is 0 Å². The van der Waals surface area contributed by atoms with Crippen LogP contribution in [-0.4, -0.2) is 10.2 Å². The van der Waals surface area contributed by atoms with Crippen LogP contribution in [0.1, 0.15) is 0 Å². The summed E-state index contributed by atoms with van der Waals surface area (Å²) in [5, 5.41) is 15.7. The van der Waals surface area contributed by atoms with E-state index in [1.807, 2.05) is 0 Å². The van der Waals surface area contributed by atoms with E-state index in [9.17, 15) is 0 Å². The zero-order valence-electron chi connectivity index (χ0n) is 3.20. The van der Waals surface area contributed by atoms with Crippen LogP contribution in [0.3, 0.4) is 0 Å². The summed E-state index contributed by atoms with van der Waals surface area (Å²) in [7, 11) is 0. The molecular formula is C4H6O2. The maximum Gasteiger partial charge on any atom is 0.0792 e. The van der Waals surface area contributed by atoms with Crippen molar-refractivity contribution in [3.63, 3.8) is 0 Å². The van der Waals surface area contributed by atoms with Crippen LogP contribution in [0.25, 0.3) is 0 Å². The van der Waals surface area contributed by atoms with Crippen LogP contribution in [-0.2, 0) is 0 Å². The van der Waals surface area contributed by atoms with Crippen molar-refractivity contribution in [1.82, 2.24) is 0 Å². The molecule has 2 nitrogen and oxygen atoms in total. The third kappa shape index (κ3) is 3.08. The molecule has 0 saturated carbocycles. The minimum atomic E-state index is 0.840. The molecule has 0 aromatic carbocycles. The molecular weight excluding hydrogens is 80.0 g/mol. The van der Waals surface area contributed by atoms with Crippen molar-refractivity contribution in [2.45, 2.75) is 0 Å². The Morgan fingerprint density at radius 3 is 1.33 bits per heavy atom. The largest absolute Gasteiger partial charge is 0.516 e. The highest BCUT2D eigenvalue weighted by molar-refractivity contribution is 4.94. The third-order valence-electron chi connectivity index (χ3n) is 0.283. The van der Waals surface area contributed by atoms with E-state index < -0.39 is 0 Å². The van der Waals surface area contributed by atoms with Crippen LogP contribution in [0.2, 0.25) is 0 Å². The summed E-state index contributed by atoms with van der Waals surface area (Å²) in [6.45, 7) is 0. The molecule has 0 unspecified atom stereocenters. The lowest BCUT2D eigenvalue weighted by Crippen LogP contribution is -1.48. The number of aliphatic hydroxyl groups is 2. The lowest BCUT2D eigenvalue weighted by atomic mass is 10.6. The monoisotopic (exact) mass is 86.0 g/mol. The van der Waals surface area contributed by atoms with E-state index in [-0.39, 0.29) is 0 Å². The second kappa shape index (κ2) is 4.08. The molecule has 6 heavy (non-hydrogen) atoms. The first kappa shape index (κ1) is 5.08. The smallest absolute Gasteiger partial charge is 0.0792 e. The minimum absolute atomic E-state index is 0.840. The Bertz CT molecular complexity index is 53.9. The van der Waals surface area contributed by atoms with Gasteiger partial charge in [-0.2, -0.15) is 0 Å². The molecule has 0 saturated heterocycles. The first-order valence-corrected chi connectivity index (χ1v) is 1.52. The van der Waals surface area contributed by atoms with Gasteiger partial charge in [0.25, 0.3) is 0 Å². The lowest BCUT2D eigenvalue weighted by Gasteiger charge is -1.63. The van der Waals surface area contributed by atoms with Gasteiger partial charge < -0.3 is 10.2 Å². The zero-order valence-corrected chi connectivity index (χ0v) is 3.20. The quantitative estimate of drug-likeness (QED) is 0.371. The SMILES string of the molecule is O/C=C\C=C\O. The van der Waals surface area contributed by atoms with Gasteiger partial charge in [-0.3, -0.25) is 0 Å². The molecule has 34 valence electrons. The van der Waals surface area contributed by atoms with Gasteiger partial charge in [0.2, 0.25) is 0 Å². The van der Waals surface area contributed by atoms with E-state index in [4.69, 9.17) is 10.2 Å². The minimum Gasteiger partial charge on any atom is -0.516 e. The molecule has 0 heterocycles. The van der Waals surface area contributed by atoms with Crippen LogP contribution in [0.5, 0.6) is 0 Å². The summed E-state index contributed by atoms with van der Waals surface area (Å²) in [4.78, 5) is 0. The zero-order chi connectivity index (χ0) is 4.83. The number of hydrogen-bond donors (Lipinski definition) is 2. The number of hydrogen-bond acceptors (Lipinski definition) is 2. The molecule has 0 aromatic heterocycles. The van der Waals surface area contributed by atoms with Crippen molar-refractivity contribution in [2.24, 2.45) is 0 Å². The van der Waals surface area contributed by atoms with E-state index in [1.54, 1.807) is 0 Å². The highest BCUT2D eigenvalue weighted by Gasteiger charge is 1.51. The fraction of sp³-hybridized carbons (Fsp3) is 0. The Morgan fingerprint density at radius 2 is 1.17 bits per heavy atom. The lowest BCUT2D eigenvalue weighted by molar-refractivity contribution is 0.467. The van der Waals surface area contributed by atoms with Crippen LogP contribution in [0, 0.1) is 0 Å². The van der Waals surface area contributed by atoms with Gasteiger partial charge in [0.05, 0.1) is 12.5 Å². The van der Waals surface area contributed by atoms with Gasteiger partial charge in [0.1, 0.15) is 0 Å². The molecule has 2 heteroatoms. The maximum atomic E-state index is 7.85. The van der Waals surface area contributed by atoms with Crippen molar-refractivity contribution in [1.29, 1.82) is 0 Å². The molecule has 0 aliphatic rings. The maximum absolute atomic E-state index is 7.85. The molecule has 0 rings (SSSR count). The molecule has 0 aliphatic carbocycles. The number of allylic oxidation sites excluding steroid dienone is 2. The summed E-state index contributed by atoms with van der Waals surface area (Å²) in [5.41, 5.74) is 0. The van der Waals surface area contributed by atoms with E-state index in [2.05, 4.69) is 0 Å². The standard InChI is InChI=1S/C4H6O2/c5-3-1-2-4-6/h1-6H/b3-1-,4-2+. The number of rotatable bonds is 1. The van der Waals surface area contributed by atoms with Crippen molar-refractivity contribution >= 4 is 0 Å². The van der Waals surface area contributed by atoms with Gasteiger partial charge in [-0.15, -0.1) is 0 Å². The highest BCUT2D eigenvalue weighted by Crippen LogP contribution is 1.66. The first-order chi connectivity index (χ1) is 2.91. The van der Waals surface area contributed by atoms with Crippen molar-refractivity contribution < 1.29 is 10.2 Å². The predicted octanol–water partition coefficient (Wildman–Crippen LogP) is 1.13. The Hall–Kier alpha value is -0.920. The average Bonchev–Trinajstić information content (AvgIpc) is 1.61. The average molecular weight is 86.1 g/mol. The second-order valence-electron chi connectivity index (χ2n) is 0.683. The Morgan fingerprint density at radius 1 is 0.833 bits per heavy atom. The molecule has 0 amide bonds. The summed E-state index contributed by atoms with van der Waals surface area (Å²) < 4.78 is 0. The fourth-order valence-electron chi connectivity index (χ4n) is 0.0994. The summed E-state index contributed by atoms with van der Waals surface area (Å²) >= 11 is 0. The van der Waals surface area contributed by atoms with Crippen molar-refractivity contribution in [3.8, 4) is 0 Å². The normalized spacial score (nSPS) is 11.3. The van der Waals surface area contributed by atoms with Crippen LogP contribution >= 0.6 is 0 Å². The van der Waals surface area contributed by atoms with Crippen molar-refractivity contribution in [3.05, 3.63) is 24.7 Å². The first-order valence-electron chi connectivity index (χ1n) is 1.52. The molecule has 0 spiro atoms. The fourth-order valence-corrected chi connectivity index (χ4v) is 0.0994. The summed E-state index contributed by atoms with van der Waals surface area (Å²) in [6, 6.07) is 0. The predicted molar refractivity (Wildman–Crippen MR) is 23.5 cm³/mol. The Balaban J connectivity index is 3.07. The highest BCUT2D eigenvalue weighted by atomic mass is 16.2. The van der Waals surface area contributed by atoms with E-state index in [1.165, 1.54) is 12.2 Å². The van der Waals surface area contributed by atoms with Crippen molar-refractivity contribution in [2.75, 3.05) is 0 Å². The van der Waals surface area contributed by atoms with Gasteiger partial charge in [0, 0.05) is 0 Å². The van der Waals surface area contributed by atoms with Crippen LogP contribution in [0.15, 0.2) is 24.7 Å². The third-order valence-corrected chi connectivity index (χ3v) is 0.283. The Labute approximate surface area is 36.0 Å². The second-order valence-corrected chi connectivity index (χ2v) is 0.683. The van der Waals surface area contributed by atoms with Gasteiger partial charge in [-0.25, -0.2) is 0 Å². The molecule has 2 N–H and O–H groups in total. The molecule has 0 radical (unpaired) electrons. The molecule has 0 aliphatic heterocycles. The molecule has 0 atom stereocenters. The molecule has 0 bridgehead atoms. The van der Waals surface area contributed by atoms with E-state index in [0.29, 0.717) is 0 Å². The molecule has 0 aromatic rings. The van der Waals surface area contributed by atoms with Gasteiger partial charge in [0.15, 0.2) is 0 Å². The van der Waals surface area contributed by atoms with Crippen LogP contribution in [0.4, 0.5) is 0 Å². The summed E-state index contributed by atoms with van der Waals surface area (Å²) in [5.74, 6) is 0. The Kier molecular flexibility index (Phi) is 3.45. The van der Waals surface area contributed by atoms with E-state index >= 15 is 0 Å². The summed E-state index contributed by atoms with van der Waals surface area (Å²) in [6.07, 6.45) is 4.29. The van der Waals surface area contributed by atoms with E-state index in [0.717, 1.165) is 12.5 Å². The topological polar surface area (TPSA) is 40.5 Å². The van der Waals surface area contributed by atoms with Gasteiger partial charge >= 0.3 is 0 Å². The number of aliphatic hydroxyl groups excluding tert-OH is 2.